The van der Waals surface area contributed by atoms with E-state index in [4.69, 9.17) is 21.1 Å². The van der Waals surface area contributed by atoms with Crippen molar-refractivity contribution in [3.8, 4) is 11.5 Å². The van der Waals surface area contributed by atoms with E-state index in [0.29, 0.717) is 35.4 Å². The van der Waals surface area contributed by atoms with Crippen molar-refractivity contribution in [3.05, 3.63) is 52.8 Å². The lowest BCUT2D eigenvalue weighted by Gasteiger charge is -2.13. The van der Waals surface area contributed by atoms with Crippen LogP contribution in [-0.2, 0) is 6.54 Å². The van der Waals surface area contributed by atoms with E-state index in [1.54, 1.807) is 19.2 Å². The lowest BCUT2D eigenvalue weighted by atomic mass is 10.2. The van der Waals surface area contributed by atoms with Gasteiger partial charge in [-0.2, -0.15) is 0 Å². The molecular formula is C16H17ClFNO2. The molecule has 0 aromatic heterocycles. The number of rotatable bonds is 6. The van der Waals surface area contributed by atoms with Crippen LogP contribution < -0.4 is 14.8 Å². The molecule has 0 radical (unpaired) electrons. The van der Waals surface area contributed by atoms with E-state index in [2.05, 4.69) is 5.32 Å². The molecule has 1 N–H and O–H groups in total. The summed E-state index contributed by atoms with van der Waals surface area (Å²) in [6.07, 6.45) is 0. The largest absolute Gasteiger partial charge is 0.493 e. The van der Waals surface area contributed by atoms with Crippen LogP contribution in [0.15, 0.2) is 36.4 Å². The summed E-state index contributed by atoms with van der Waals surface area (Å²) in [5, 5.41) is 3.36. The summed E-state index contributed by atoms with van der Waals surface area (Å²) >= 11 is 5.98. The van der Waals surface area contributed by atoms with E-state index in [1.807, 2.05) is 25.1 Å². The smallest absolute Gasteiger partial charge is 0.161 e. The van der Waals surface area contributed by atoms with Crippen molar-refractivity contribution in [2.75, 3.05) is 19.0 Å². The van der Waals surface area contributed by atoms with Gasteiger partial charge in [0.25, 0.3) is 0 Å². The SMILES string of the molecule is CCOc1cc(CNc2c(F)cccc2Cl)ccc1OC. The highest BCUT2D eigenvalue weighted by molar-refractivity contribution is 6.33. The minimum absolute atomic E-state index is 0.299. The van der Waals surface area contributed by atoms with Gasteiger partial charge >= 0.3 is 0 Å². The predicted molar refractivity (Wildman–Crippen MR) is 82.9 cm³/mol. The lowest BCUT2D eigenvalue weighted by molar-refractivity contribution is 0.310. The summed E-state index contributed by atoms with van der Waals surface area (Å²) in [7, 11) is 1.59. The second-order valence-corrected chi connectivity index (χ2v) is 4.78. The number of hydrogen-bond donors (Lipinski definition) is 1. The quantitative estimate of drug-likeness (QED) is 0.852. The standard InChI is InChI=1S/C16H17ClFNO2/c1-3-21-15-9-11(7-8-14(15)20-2)10-19-16-12(17)5-4-6-13(16)18/h4-9,19H,3,10H2,1-2H3. The van der Waals surface area contributed by atoms with Gasteiger partial charge < -0.3 is 14.8 Å². The molecule has 0 saturated heterocycles. The van der Waals surface area contributed by atoms with Crippen LogP contribution in [0.4, 0.5) is 10.1 Å². The Bertz CT molecular complexity index is 599. The third kappa shape index (κ3) is 3.79. The summed E-state index contributed by atoms with van der Waals surface area (Å²) in [6, 6.07) is 10.2. The van der Waals surface area contributed by atoms with Gasteiger partial charge in [0, 0.05) is 6.54 Å². The maximum absolute atomic E-state index is 13.7. The minimum atomic E-state index is -0.374. The van der Waals surface area contributed by atoms with Crippen molar-refractivity contribution >= 4 is 17.3 Å². The highest BCUT2D eigenvalue weighted by Crippen LogP contribution is 2.29. The van der Waals surface area contributed by atoms with Gasteiger partial charge in [-0.05, 0) is 36.8 Å². The fraction of sp³-hybridized carbons (Fsp3) is 0.250. The van der Waals surface area contributed by atoms with Crippen molar-refractivity contribution < 1.29 is 13.9 Å². The highest BCUT2D eigenvalue weighted by atomic mass is 35.5. The van der Waals surface area contributed by atoms with Crippen molar-refractivity contribution in [2.24, 2.45) is 0 Å². The van der Waals surface area contributed by atoms with E-state index >= 15 is 0 Å². The second kappa shape index (κ2) is 7.18. The summed E-state index contributed by atoms with van der Waals surface area (Å²) in [6.45, 7) is 2.89. The van der Waals surface area contributed by atoms with Crippen molar-refractivity contribution in [1.82, 2.24) is 0 Å². The topological polar surface area (TPSA) is 30.5 Å². The van der Waals surface area contributed by atoms with Crippen LogP contribution in [0, 0.1) is 5.82 Å². The molecule has 0 aliphatic rings. The first-order chi connectivity index (χ1) is 10.2. The minimum Gasteiger partial charge on any atom is -0.493 e. The average Bonchev–Trinajstić information content (AvgIpc) is 2.47. The number of benzene rings is 2. The van der Waals surface area contributed by atoms with Crippen LogP contribution >= 0.6 is 11.6 Å². The van der Waals surface area contributed by atoms with Gasteiger partial charge in [0.15, 0.2) is 11.5 Å². The van der Waals surface area contributed by atoms with Gasteiger partial charge in [-0.1, -0.05) is 23.7 Å². The van der Waals surface area contributed by atoms with E-state index in [1.165, 1.54) is 6.07 Å². The third-order valence-corrected chi connectivity index (χ3v) is 3.27. The van der Waals surface area contributed by atoms with E-state index in [0.717, 1.165) is 5.56 Å². The molecule has 0 fully saturated rings. The molecule has 2 aromatic rings. The maximum Gasteiger partial charge on any atom is 0.161 e. The zero-order chi connectivity index (χ0) is 15.2. The molecule has 0 saturated carbocycles. The van der Waals surface area contributed by atoms with Gasteiger partial charge in [0.2, 0.25) is 0 Å². The Hall–Kier alpha value is -1.94. The summed E-state index contributed by atoms with van der Waals surface area (Å²) in [5.41, 5.74) is 1.24. The molecule has 0 aliphatic heterocycles. The number of ether oxygens (including phenoxy) is 2. The molecule has 2 rings (SSSR count). The zero-order valence-corrected chi connectivity index (χ0v) is 12.7. The first-order valence-corrected chi connectivity index (χ1v) is 7.01. The molecule has 0 heterocycles. The third-order valence-electron chi connectivity index (χ3n) is 2.96. The molecular weight excluding hydrogens is 293 g/mol. The molecule has 0 bridgehead atoms. The molecule has 2 aromatic carbocycles. The van der Waals surface area contributed by atoms with Crippen LogP contribution in [0.1, 0.15) is 12.5 Å². The van der Waals surface area contributed by atoms with Crippen molar-refractivity contribution in [2.45, 2.75) is 13.5 Å². The van der Waals surface area contributed by atoms with Crippen LogP contribution in [0.5, 0.6) is 11.5 Å². The number of anilines is 1. The summed E-state index contributed by atoms with van der Waals surface area (Å²) < 4.78 is 24.4. The zero-order valence-electron chi connectivity index (χ0n) is 12.0. The van der Waals surface area contributed by atoms with Crippen LogP contribution in [-0.4, -0.2) is 13.7 Å². The Morgan fingerprint density at radius 3 is 2.67 bits per heavy atom. The number of hydrogen-bond acceptors (Lipinski definition) is 3. The lowest BCUT2D eigenvalue weighted by Crippen LogP contribution is -2.03. The normalized spacial score (nSPS) is 10.3. The van der Waals surface area contributed by atoms with Gasteiger partial charge in [-0.15, -0.1) is 0 Å². The average molecular weight is 310 g/mol. The fourth-order valence-electron chi connectivity index (χ4n) is 1.96. The molecule has 112 valence electrons. The molecule has 3 nitrogen and oxygen atoms in total. The molecule has 0 atom stereocenters. The van der Waals surface area contributed by atoms with E-state index in [-0.39, 0.29) is 5.82 Å². The van der Waals surface area contributed by atoms with Gasteiger partial charge in [-0.3, -0.25) is 0 Å². The van der Waals surface area contributed by atoms with Crippen LogP contribution in [0.2, 0.25) is 5.02 Å². The number of para-hydroxylation sites is 1. The Morgan fingerprint density at radius 1 is 1.19 bits per heavy atom. The first-order valence-electron chi connectivity index (χ1n) is 6.63. The Labute approximate surface area is 128 Å². The fourth-order valence-corrected chi connectivity index (χ4v) is 2.19. The first kappa shape index (κ1) is 15.4. The molecule has 0 unspecified atom stereocenters. The Morgan fingerprint density at radius 2 is 2.00 bits per heavy atom. The summed E-state index contributed by atoms with van der Waals surface area (Å²) in [5.74, 6) is 0.962. The number of halogens is 2. The summed E-state index contributed by atoms with van der Waals surface area (Å²) in [4.78, 5) is 0. The number of nitrogens with one attached hydrogen (secondary N) is 1. The highest BCUT2D eigenvalue weighted by Gasteiger charge is 2.08. The predicted octanol–water partition coefficient (Wildman–Crippen LogP) is 4.50. The Balaban J connectivity index is 2.15. The number of methoxy groups -OCH3 is 1. The van der Waals surface area contributed by atoms with Crippen molar-refractivity contribution in [1.29, 1.82) is 0 Å². The van der Waals surface area contributed by atoms with E-state index < -0.39 is 0 Å². The second-order valence-electron chi connectivity index (χ2n) is 4.37. The molecule has 21 heavy (non-hydrogen) atoms. The van der Waals surface area contributed by atoms with Crippen LogP contribution in [0.3, 0.4) is 0 Å². The molecule has 0 aliphatic carbocycles. The molecule has 5 heteroatoms. The molecule has 0 amide bonds. The van der Waals surface area contributed by atoms with Crippen molar-refractivity contribution in [3.63, 3.8) is 0 Å². The van der Waals surface area contributed by atoms with Gasteiger partial charge in [0.05, 0.1) is 24.4 Å². The maximum atomic E-state index is 13.7. The Kier molecular flexibility index (Phi) is 5.28. The van der Waals surface area contributed by atoms with Crippen LogP contribution in [0.25, 0.3) is 0 Å². The monoisotopic (exact) mass is 309 g/mol. The molecule has 0 spiro atoms. The van der Waals surface area contributed by atoms with E-state index in [9.17, 15) is 4.39 Å². The van der Waals surface area contributed by atoms with Gasteiger partial charge in [-0.25, -0.2) is 4.39 Å². The van der Waals surface area contributed by atoms with Gasteiger partial charge in [0.1, 0.15) is 5.82 Å².